The quantitative estimate of drug-likeness (QED) is 0.618. The van der Waals surface area contributed by atoms with Crippen LogP contribution in [0, 0.1) is 11.3 Å². The predicted octanol–water partition coefficient (Wildman–Crippen LogP) is 3.60. The molecule has 0 N–H and O–H groups in total. The van der Waals surface area contributed by atoms with E-state index in [9.17, 15) is 0 Å². The van der Waals surface area contributed by atoms with Gasteiger partial charge in [0.2, 0.25) is 17.9 Å². The Hall–Kier alpha value is -5.23. The number of guanidine groups is 3. The number of hydrogen-bond acceptors (Lipinski definition) is 9. The van der Waals surface area contributed by atoms with E-state index in [1.54, 1.807) is 29.2 Å². The Morgan fingerprint density at radius 2 is 1.12 bits per heavy atom. The van der Waals surface area contributed by atoms with E-state index < -0.39 is 0 Å². The molecular formula is C25H14N8O. The lowest BCUT2D eigenvalue weighted by Gasteiger charge is -2.30. The van der Waals surface area contributed by atoms with Crippen LogP contribution in [0.1, 0.15) is 16.7 Å². The third kappa shape index (κ3) is 3.55. The monoisotopic (exact) mass is 442 g/mol. The number of nitriles is 1. The molecule has 9 heteroatoms. The van der Waals surface area contributed by atoms with Gasteiger partial charge in [-0.15, -0.1) is 0 Å². The minimum atomic E-state index is 0.0708. The average Bonchev–Trinajstić information content (AvgIpc) is 2.90. The van der Waals surface area contributed by atoms with Gasteiger partial charge in [0.1, 0.15) is 5.75 Å². The third-order valence-corrected chi connectivity index (χ3v) is 5.07. The molecule has 3 aromatic rings. The number of nitrogens with zero attached hydrogens (tertiary/aromatic N) is 8. The number of hydrogen-bond donors (Lipinski definition) is 0. The van der Waals surface area contributed by atoms with Crippen LogP contribution in [0.5, 0.6) is 5.75 Å². The summed E-state index contributed by atoms with van der Waals surface area (Å²) in [6, 6.07) is 28.0. The van der Waals surface area contributed by atoms with Crippen LogP contribution < -0.4 is 4.74 Å². The molecule has 0 saturated carbocycles. The third-order valence-electron chi connectivity index (χ3n) is 5.07. The molecule has 3 aromatic carbocycles. The van der Waals surface area contributed by atoms with Crippen LogP contribution in [0.3, 0.4) is 0 Å². The van der Waals surface area contributed by atoms with Gasteiger partial charge in [-0.25, -0.2) is 4.90 Å². The van der Waals surface area contributed by atoms with Crippen molar-refractivity contribution in [3.8, 4) is 11.8 Å². The maximum absolute atomic E-state index is 9.02. The van der Waals surface area contributed by atoms with E-state index in [0.717, 1.165) is 11.1 Å². The van der Waals surface area contributed by atoms with Crippen molar-refractivity contribution in [1.82, 2.24) is 4.90 Å². The lowest BCUT2D eigenvalue weighted by molar-refractivity contribution is 0.539. The molecular weight excluding hydrogens is 428 g/mol. The summed E-state index contributed by atoms with van der Waals surface area (Å²) >= 11 is 0. The number of rotatable bonds is 3. The van der Waals surface area contributed by atoms with Crippen LogP contribution in [0.2, 0.25) is 0 Å². The van der Waals surface area contributed by atoms with E-state index in [4.69, 9.17) is 10.00 Å². The molecule has 34 heavy (non-hydrogen) atoms. The largest absolute Gasteiger partial charge is 0.424 e. The highest BCUT2D eigenvalue weighted by Gasteiger charge is 2.36. The fourth-order valence-corrected chi connectivity index (χ4v) is 3.45. The van der Waals surface area contributed by atoms with Crippen molar-refractivity contribution in [3.63, 3.8) is 0 Å². The first-order valence-electron chi connectivity index (χ1n) is 10.4. The van der Waals surface area contributed by atoms with Gasteiger partial charge >= 0.3 is 6.02 Å². The summed E-state index contributed by atoms with van der Waals surface area (Å²) < 4.78 is 5.87. The second kappa shape index (κ2) is 8.03. The molecule has 0 aromatic heterocycles. The van der Waals surface area contributed by atoms with Crippen molar-refractivity contribution in [3.05, 3.63) is 102 Å². The molecule has 0 atom stereocenters. The lowest BCUT2D eigenvalue weighted by Crippen LogP contribution is -2.48. The summed E-state index contributed by atoms with van der Waals surface area (Å²) in [7, 11) is 0. The van der Waals surface area contributed by atoms with Crippen LogP contribution in [-0.2, 0) is 0 Å². The first kappa shape index (κ1) is 19.5. The van der Waals surface area contributed by atoms with Crippen molar-refractivity contribution in [2.45, 2.75) is 0 Å². The molecule has 0 amide bonds. The summed E-state index contributed by atoms with van der Waals surface area (Å²) in [6.07, 6.45) is 0. The molecule has 3 heterocycles. The highest BCUT2D eigenvalue weighted by Crippen LogP contribution is 2.22. The first-order valence-corrected chi connectivity index (χ1v) is 10.4. The number of benzene rings is 3. The van der Waals surface area contributed by atoms with E-state index in [1.165, 1.54) is 0 Å². The van der Waals surface area contributed by atoms with Crippen molar-refractivity contribution in [1.29, 1.82) is 5.26 Å². The second-order valence-electron chi connectivity index (χ2n) is 7.31. The van der Waals surface area contributed by atoms with E-state index in [2.05, 4.69) is 36.0 Å². The molecule has 0 bridgehead atoms. The Balaban J connectivity index is 1.46. The Labute approximate surface area is 194 Å². The van der Waals surface area contributed by atoms with E-state index >= 15 is 0 Å². The summed E-state index contributed by atoms with van der Waals surface area (Å²) in [5, 5.41) is 9.02. The highest BCUT2D eigenvalue weighted by atomic mass is 16.5. The average molecular weight is 442 g/mol. The van der Waals surface area contributed by atoms with Gasteiger partial charge in [0.25, 0.3) is 0 Å². The number of aliphatic imine (C=N–C) groups is 6. The summed E-state index contributed by atoms with van der Waals surface area (Å²) in [6.45, 7) is 0. The molecule has 0 fully saturated rings. The molecule has 6 rings (SSSR count). The van der Waals surface area contributed by atoms with Crippen molar-refractivity contribution in [2.24, 2.45) is 30.0 Å². The second-order valence-corrected chi connectivity index (χ2v) is 7.31. The fraction of sp³-hybridized carbons (Fsp3) is 0. The van der Waals surface area contributed by atoms with Crippen molar-refractivity contribution >= 4 is 35.6 Å². The molecule has 9 nitrogen and oxygen atoms in total. The first-order chi connectivity index (χ1) is 16.8. The zero-order chi connectivity index (χ0) is 22.9. The summed E-state index contributed by atoms with van der Waals surface area (Å²) in [4.78, 5) is 29.1. The molecule has 0 spiro atoms. The lowest BCUT2D eigenvalue weighted by atomic mass is 10.2. The van der Waals surface area contributed by atoms with Gasteiger partial charge in [-0.05, 0) is 24.3 Å². The maximum atomic E-state index is 9.02. The molecule has 3 aliphatic rings. The van der Waals surface area contributed by atoms with Crippen LogP contribution >= 0.6 is 0 Å². The maximum Gasteiger partial charge on any atom is 0.328 e. The molecule has 0 radical (unpaired) electrons. The highest BCUT2D eigenvalue weighted by molar-refractivity contribution is 6.32. The Morgan fingerprint density at radius 1 is 0.588 bits per heavy atom. The SMILES string of the molecule is N#Cc1ccc(OC2=NC3=NC(c4ccccc4)=NC4=NC(c5ccccc5)=NC(=N2)N34)cc1. The van der Waals surface area contributed by atoms with E-state index in [-0.39, 0.29) is 6.02 Å². The zero-order valence-corrected chi connectivity index (χ0v) is 17.6. The smallest absolute Gasteiger partial charge is 0.328 e. The van der Waals surface area contributed by atoms with Gasteiger partial charge in [-0.3, -0.25) is 0 Å². The number of ether oxygens (including phenoxy) is 1. The molecule has 3 aliphatic heterocycles. The van der Waals surface area contributed by atoms with Crippen LogP contribution in [0.25, 0.3) is 0 Å². The minimum absolute atomic E-state index is 0.0708. The molecule has 160 valence electrons. The van der Waals surface area contributed by atoms with E-state index in [0.29, 0.717) is 40.9 Å². The zero-order valence-electron chi connectivity index (χ0n) is 17.6. The van der Waals surface area contributed by atoms with E-state index in [1.807, 2.05) is 60.7 Å². The fourth-order valence-electron chi connectivity index (χ4n) is 3.45. The normalized spacial score (nSPS) is 16.0. The topological polar surface area (TPSA) is 110 Å². The van der Waals surface area contributed by atoms with Crippen LogP contribution in [0.4, 0.5) is 0 Å². The minimum Gasteiger partial charge on any atom is -0.424 e. The Morgan fingerprint density at radius 3 is 1.68 bits per heavy atom. The van der Waals surface area contributed by atoms with Crippen molar-refractivity contribution in [2.75, 3.05) is 0 Å². The summed E-state index contributed by atoms with van der Waals surface area (Å²) in [5.74, 6) is 2.41. The van der Waals surface area contributed by atoms with Gasteiger partial charge in [0, 0.05) is 11.1 Å². The standard InChI is InChI=1S/C25H14N8O/c26-15-16-11-13-19(14-12-16)34-25-31-23-29-20(17-7-3-1-4-8-17)27-22-28-21(18-9-5-2-6-10-18)30-24(32-25)33(22)23/h1-14H. The van der Waals surface area contributed by atoms with Gasteiger partial charge in [-0.2, -0.15) is 35.2 Å². The molecule has 0 saturated heterocycles. The molecule has 0 aliphatic carbocycles. The Bertz CT molecular complexity index is 1470. The summed E-state index contributed by atoms with van der Waals surface area (Å²) in [5.41, 5.74) is 2.19. The molecule has 0 unspecified atom stereocenters. The van der Waals surface area contributed by atoms with Crippen molar-refractivity contribution < 1.29 is 4.74 Å². The van der Waals surface area contributed by atoms with Gasteiger partial charge in [0.05, 0.1) is 11.6 Å². The van der Waals surface area contributed by atoms with Crippen LogP contribution in [0.15, 0.2) is 115 Å². The predicted molar refractivity (Wildman–Crippen MR) is 129 cm³/mol. The van der Waals surface area contributed by atoms with Gasteiger partial charge < -0.3 is 4.74 Å². The van der Waals surface area contributed by atoms with Gasteiger partial charge in [0.15, 0.2) is 11.7 Å². The van der Waals surface area contributed by atoms with Crippen LogP contribution in [-0.4, -0.2) is 40.5 Å². The number of amidine groups is 3. The Kier molecular flexibility index (Phi) is 4.60. The van der Waals surface area contributed by atoms with Gasteiger partial charge in [-0.1, -0.05) is 60.7 Å².